The molecule has 0 aliphatic rings. The third kappa shape index (κ3) is 4.73. The standard InChI is InChI=1S/C21H17Cl3N2O3S/c1-13-3-7-16(12-19(13)24)25-21(27)14-4-10-18(23)20(11-14)30(28,29)26(2)17-8-5-15(22)6-9-17/h3-12H,1-2H3,(H,25,27). The van der Waals surface area contributed by atoms with Gasteiger partial charge in [-0.15, -0.1) is 0 Å². The predicted molar refractivity (Wildman–Crippen MR) is 123 cm³/mol. The molecule has 1 amide bonds. The lowest BCUT2D eigenvalue weighted by Crippen LogP contribution is -2.27. The molecular weight excluding hydrogens is 467 g/mol. The molecule has 30 heavy (non-hydrogen) atoms. The van der Waals surface area contributed by atoms with E-state index in [2.05, 4.69) is 5.32 Å². The number of aryl methyl sites for hydroxylation is 1. The lowest BCUT2D eigenvalue weighted by molar-refractivity contribution is 0.102. The Labute approximate surface area is 190 Å². The van der Waals surface area contributed by atoms with Crippen LogP contribution in [0.4, 0.5) is 11.4 Å². The van der Waals surface area contributed by atoms with Gasteiger partial charge in [0.15, 0.2) is 0 Å². The van der Waals surface area contributed by atoms with Gasteiger partial charge in [-0.25, -0.2) is 8.42 Å². The molecule has 0 aliphatic carbocycles. The molecule has 0 aromatic heterocycles. The number of sulfonamides is 1. The van der Waals surface area contributed by atoms with E-state index in [1.165, 1.54) is 25.2 Å². The van der Waals surface area contributed by atoms with Gasteiger partial charge >= 0.3 is 0 Å². The molecule has 3 aromatic carbocycles. The summed E-state index contributed by atoms with van der Waals surface area (Å²) >= 11 is 18.1. The van der Waals surface area contributed by atoms with Crippen molar-refractivity contribution in [3.8, 4) is 0 Å². The van der Waals surface area contributed by atoms with E-state index in [-0.39, 0.29) is 15.5 Å². The van der Waals surface area contributed by atoms with Crippen LogP contribution in [0.5, 0.6) is 0 Å². The van der Waals surface area contributed by atoms with Crippen LogP contribution in [0.25, 0.3) is 0 Å². The zero-order chi connectivity index (χ0) is 22.1. The molecule has 0 unspecified atom stereocenters. The number of benzene rings is 3. The van der Waals surface area contributed by atoms with Crippen LogP contribution in [0.15, 0.2) is 65.6 Å². The number of carbonyl (C=O) groups excluding carboxylic acids is 1. The Hall–Kier alpha value is -2.25. The average Bonchev–Trinajstić information content (AvgIpc) is 2.71. The summed E-state index contributed by atoms with van der Waals surface area (Å²) in [5.74, 6) is -0.489. The van der Waals surface area contributed by atoms with E-state index in [1.54, 1.807) is 42.5 Å². The third-order valence-electron chi connectivity index (χ3n) is 4.45. The van der Waals surface area contributed by atoms with Crippen molar-refractivity contribution < 1.29 is 13.2 Å². The van der Waals surface area contributed by atoms with E-state index in [4.69, 9.17) is 34.8 Å². The fraction of sp³-hybridized carbons (Fsp3) is 0.0952. The number of halogens is 3. The topological polar surface area (TPSA) is 66.5 Å². The Morgan fingerprint density at radius 1 is 0.900 bits per heavy atom. The maximum Gasteiger partial charge on any atom is 0.265 e. The van der Waals surface area contributed by atoms with E-state index in [0.717, 1.165) is 9.87 Å². The summed E-state index contributed by atoms with van der Waals surface area (Å²) in [5.41, 5.74) is 1.91. The highest BCUT2D eigenvalue weighted by Crippen LogP contribution is 2.29. The van der Waals surface area contributed by atoms with E-state index in [9.17, 15) is 13.2 Å². The number of amides is 1. The van der Waals surface area contributed by atoms with Crippen molar-refractivity contribution in [2.45, 2.75) is 11.8 Å². The molecule has 0 atom stereocenters. The molecule has 3 aromatic rings. The molecule has 0 bridgehead atoms. The number of anilines is 2. The first-order valence-corrected chi connectivity index (χ1v) is 11.3. The van der Waals surface area contributed by atoms with Crippen LogP contribution in [0.3, 0.4) is 0 Å². The molecule has 0 spiro atoms. The maximum atomic E-state index is 13.1. The van der Waals surface area contributed by atoms with E-state index in [0.29, 0.717) is 21.4 Å². The summed E-state index contributed by atoms with van der Waals surface area (Å²) in [4.78, 5) is 12.5. The van der Waals surface area contributed by atoms with Crippen LogP contribution in [0.1, 0.15) is 15.9 Å². The van der Waals surface area contributed by atoms with Gasteiger partial charge in [-0.2, -0.15) is 0 Å². The van der Waals surface area contributed by atoms with Gasteiger partial charge in [-0.3, -0.25) is 9.10 Å². The highest BCUT2D eigenvalue weighted by atomic mass is 35.5. The fourth-order valence-electron chi connectivity index (χ4n) is 2.65. The van der Waals surface area contributed by atoms with Crippen LogP contribution < -0.4 is 9.62 Å². The van der Waals surface area contributed by atoms with E-state index >= 15 is 0 Å². The molecule has 0 saturated carbocycles. The Balaban J connectivity index is 1.92. The summed E-state index contributed by atoms with van der Waals surface area (Å²) in [5, 5.41) is 3.70. The van der Waals surface area contributed by atoms with Crippen LogP contribution in [-0.4, -0.2) is 21.4 Å². The molecule has 0 saturated heterocycles. The first-order valence-electron chi connectivity index (χ1n) is 8.71. The lowest BCUT2D eigenvalue weighted by atomic mass is 10.2. The second-order valence-electron chi connectivity index (χ2n) is 6.51. The quantitative estimate of drug-likeness (QED) is 0.481. The molecule has 1 N–H and O–H groups in total. The third-order valence-corrected chi connectivity index (χ3v) is 7.38. The summed E-state index contributed by atoms with van der Waals surface area (Å²) in [7, 11) is -2.62. The van der Waals surface area contributed by atoms with Gasteiger partial charge in [0.1, 0.15) is 4.90 Å². The van der Waals surface area contributed by atoms with Crippen molar-refractivity contribution in [2.24, 2.45) is 0 Å². The highest BCUT2D eigenvalue weighted by molar-refractivity contribution is 7.93. The average molecular weight is 484 g/mol. The van der Waals surface area contributed by atoms with Crippen LogP contribution in [0.2, 0.25) is 15.1 Å². The molecule has 0 radical (unpaired) electrons. The van der Waals surface area contributed by atoms with Gasteiger partial charge in [0.2, 0.25) is 0 Å². The zero-order valence-corrected chi connectivity index (χ0v) is 19.1. The number of rotatable bonds is 5. The van der Waals surface area contributed by atoms with Crippen molar-refractivity contribution in [2.75, 3.05) is 16.7 Å². The SMILES string of the molecule is Cc1ccc(NC(=O)c2ccc(Cl)c(S(=O)(=O)N(C)c3ccc(Cl)cc3)c2)cc1Cl. The smallest absolute Gasteiger partial charge is 0.265 e. The highest BCUT2D eigenvalue weighted by Gasteiger charge is 2.25. The monoisotopic (exact) mass is 482 g/mol. The minimum absolute atomic E-state index is 0.00532. The molecule has 156 valence electrons. The lowest BCUT2D eigenvalue weighted by Gasteiger charge is -2.20. The fourth-order valence-corrected chi connectivity index (χ4v) is 4.65. The molecule has 0 fully saturated rings. The Morgan fingerprint density at radius 3 is 2.20 bits per heavy atom. The first kappa shape index (κ1) is 22.4. The second-order valence-corrected chi connectivity index (χ2v) is 9.70. The maximum absolute atomic E-state index is 13.1. The van der Waals surface area contributed by atoms with Crippen molar-refractivity contribution in [1.29, 1.82) is 0 Å². The number of nitrogens with one attached hydrogen (secondary N) is 1. The Bertz CT molecular complexity index is 1210. The zero-order valence-electron chi connectivity index (χ0n) is 16.0. The van der Waals surface area contributed by atoms with Crippen LogP contribution in [-0.2, 0) is 10.0 Å². The van der Waals surface area contributed by atoms with Crippen molar-refractivity contribution in [1.82, 2.24) is 0 Å². The molecule has 3 rings (SSSR count). The Morgan fingerprint density at radius 2 is 1.57 bits per heavy atom. The van der Waals surface area contributed by atoms with Crippen molar-refractivity contribution >= 4 is 62.1 Å². The van der Waals surface area contributed by atoms with Gasteiger partial charge in [-0.1, -0.05) is 40.9 Å². The minimum Gasteiger partial charge on any atom is -0.322 e. The molecular formula is C21H17Cl3N2O3S. The molecule has 5 nitrogen and oxygen atoms in total. The molecule has 0 heterocycles. The second kappa shape index (κ2) is 8.86. The summed E-state index contributed by atoms with van der Waals surface area (Å²) < 4.78 is 27.3. The van der Waals surface area contributed by atoms with Crippen LogP contribution >= 0.6 is 34.8 Å². The first-order chi connectivity index (χ1) is 14.1. The van der Waals surface area contributed by atoms with Gasteiger partial charge in [0, 0.05) is 28.3 Å². The Kier molecular flexibility index (Phi) is 6.62. The van der Waals surface area contributed by atoms with Gasteiger partial charge < -0.3 is 5.32 Å². The molecule has 0 aliphatic heterocycles. The van der Waals surface area contributed by atoms with Crippen molar-refractivity contribution in [3.05, 3.63) is 86.9 Å². The largest absolute Gasteiger partial charge is 0.322 e. The van der Waals surface area contributed by atoms with E-state index < -0.39 is 15.9 Å². The van der Waals surface area contributed by atoms with Gasteiger partial charge in [0.05, 0.1) is 10.7 Å². The predicted octanol–water partition coefficient (Wildman–Crippen LogP) is 6.03. The summed E-state index contributed by atoms with van der Waals surface area (Å²) in [6.07, 6.45) is 0. The van der Waals surface area contributed by atoms with Gasteiger partial charge in [0.25, 0.3) is 15.9 Å². The minimum atomic E-state index is -4.02. The normalized spacial score (nSPS) is 11.2. The number of hydrogen-bond acceptors (Lipinski definition) is 3. The van der Waals surface area contributed by atoms with Crippen molar-refractivity contribution in [3.63, 3.8) is 0 Å². The number of carbonyl (C=O) groups is 1. The number of nitrogens with zero attached hydrogens (tertiary/aromatic N) is 1. The summed E-state index contributed by atoms with van der Waals surface area (Å²) in [6.45, 7) is 1.85. The number of hydrogen-bond donors (Lipinski definition) is 1. The summed E-state index contributed by atoms with van der Waals surface area (Å²) in [6, 6.07) is 15.5. The van der Waals surface area contributed by atoms with Gasteiger partial charge in [-0.05, 0) is 67.1 Å². The van der Waals surface area contributed by atoms with Crippen LogP contribution in [0, 0.1) is 6.92 Å². The van der Waals surface area contributed by atoms with E-state index in [1.807, 2.05) is 6.92 Å². The molecule has 9 heteroatoms.